The number of hydrogen-bond donors (Lipinski definition) is 0. The van der Waals surface area contributed by atoms with Crippen LogP contribution < -0.4 is 16.1 Å². The molecule has 1 aliphatic rings. The van der Waals surface area contributed by atoms with E-state index >= 15 is 0 Å². The van der Waals surface area contributed by atoms with Crippen molar-refractivity contribution in [3.05, 3.63) is 60.8 Å². The summed E-state index contributed by atoms with van der Waals surface area (Å²) in [6, 6.07) is 6.25. The quantitative estimate of drug-likeness (QED) is 0.485. The van der Waals surface area contributed by atoms with Gasteiger partial charge in [0, 0.05) is 39.3 Å². The van der Waals surface area contributed by atoms with Crippen LogP contribution >= 0.6 is 0 Å². The van der Waals surface area contributed by atoms with Gasteiger partial charge in [-0.15, -0.1) is 0 Å². The topological polar surface area (TPSA) is 108 Å². The molecule has 0 bridgehead atoms. The maximum absolute atomic E-state index is 12.9. The summed E-state index contributed by atoms with van der Waals surface area (Å²) in [7, 11) is 3.06. The molecule has 1 aliphatic heterocycles. The summed E-state index contributed by atoms with van der Waals surface area (Å²) in [6.07, 6.45) is 3.23. The third-order valence-corrected chi connectivity index (χ3v) is 5.45. The number of benzene rings is 1. The number of nitro groups is 1. The van der Waals surface area contributed by atoms with Crippen LogP contribution in [-0.4, -0.2) is 36.7 Å². The largest absolute Gasteiger partial charge is 0.342 e. The number of aryl methyl sites for hydroxylation is 1. The number of nitrogens with zero attached hydrogens (tertiary/aromatic N) is 6. The lowest BCUT2D eigenvalue weighted by molar-refractivity contribution is -0.384. The fraction of sp³-hybridized carbons (Fsp3) is 0.421. The first-order chi connectivity index (χ1) is 13.9. The van der Waals surface area contributed by atoms with E-state index in [1.807, 2.05) is 4.57 Å². The summed E-state index contributed by atoms with van der Waals surface area (Å²) in [5.74, 6) is 0.649. The zero-order valence-corrected chi connectivity index (χ0v) is 16.4. The standard InChI is InChI=1S/C19H22N6O4/c1-21-16-15(17(26)22(2)19(21)27)24(18(20-16)23-10-4-3-5-11-23)12-13-6-8-14(9-7-13)25(28)29/h6-9H,3-5,10-12H2,1-2H3. The smallest absolute Gasteiger partial charge is 0.332 e. The Morgan fingerprint density at radius 2 is 1.69 bits per heavy atom. The molecule has 0 saturated carbocycles. The van der Waals surface area contributed by atoms with Gasteiger partial charge in [-0.2, -0.15) is 4.98 Å². The molecular weight excluding hydrogens is 376 g/mol. The van der Waals surface area contributed by atoms with Crippen LogP contribution in [0.3, 0.4) is 0 Å². The zero-order chi connectivity index (χ0) is 20.7. The van der Waals surface area contributed by atoms with Crippen molar-refractivity contribution >= 4 is 22.8 Å². The predicted molar refractivity (Wildman–Crippen MR) is 108 cm³/mol. The van der Waals surface area contributed by atoms with E-state index < -0.39 is 16.2 Å². The van der Waals surface area contributed by atoms with Crippen molar-refractivity contribution in [3.8, 4) is 0 Å². The minimum atomic E-state index is -0.443. The van der Waals surface area contributed by atoms with E-state index in [2.05, 4.69) is 9.88 Å². The number of anilines is 1. The molecule has 0 spiro atoms. The third-order valence-electron chi connectivity index (χ3n) is 5.45. The van der Waals surface area contributed by atoms with Crippen LogP contribution in [0.4, 0.5) is 11.6 Å². The number of non-ortho nitro benzene ring substituents is 1. The molecule has 3 aromatic rings. The second kappa shape index (κ2) is 7.19. The summed E-state index contributed by atoms with van der Waals surface area (Å²) in [4.78, 5) is 42.6. The van der Waals surface area contributed by atoms with Gasteiger partial charge < -0.3 is 4.90 Å². The van der Waals surface area contributed by atoms with E-state index in [0.717, 1.165) is 42.5 Å². The van der Waals surface area contributed by atoms with E-state index in [9.17, 15) is 19.7 Å². The van der Waals surface area contributed by atoms with Crippen molar-refractivity contribution in [3.63, 3.8) is 0 Å². The summed E-state index contributed by atoms with van der Waals surface area (Å²) >= 11 is 0. The molecule has 10 heteroatoms. The van der Waals surface area contributed by atoms with Gasteiger partial charge in [0.1, 0.15) is 0 Å². The monoisotopic (exact) mass is 398 g/mol. The summed E-state index contributed by atoms with van der Waals surface area (Å²) < 4.78 is 4.29. The predicted octanol–water partition coefficient (Wildman–Crippen LogP) is 1.38. The van der Waals surface area contributed by atoms with Crippen LogP contribution in [0.15, 0.2) is 33.9 Å². The average molecular weight is 398 g/mol. The minimum Gasteiger partial charge on any atom is -0.342 e. The van der Waals surface area contributed by atoms with Gasteiger partial charge in [0.15, 0.2) is 11.2 Å². The van der Waals surface area contributed by atoms with Crippen molar-refractivity contribution < 1.29 is 4.92 Å². The molecule has 0 unspecified atom stereocenters. The number of piperidine rings is 1. The van der Waals surface area contributed by atoms with Crippen molar-refractivity contribution in [2.24, 2.45) is 14.1 Å². The van der Waals surface area contributed by atoms with Crippen molar-refractivity contribution in [2.45, 2.75) is 25.8 Å². The highest BCUT2D eigenvalue weighted by Crippen LogP contribution is 2.24. The Morgan fingerprint density at radius 3 is 2.31 bits per heavy atom. The molecule has 0 aliphatic carbocycles. The average Bonchev–Trinajstić information content (AvgIpc) is 3.11. The molecule has 2 aromatic heterocycles. The second-order valence-corrected chi connectivity index (χ2v) is 7.35. The Kier molecular flexibility index (Phi) is 4.69. The summed E-state index contributed by atoms with van der Waals surface area (Å²) in [6.45, 7) is 1.99. The van der Waals surface area contributed by atoms with Crippen LogP contribution in [0.25, 0.3) is 11.2 Å². The molecule has 152 valence electrons. The molecule has 0 N–H and O–H groups in total. The number of fused-ring (bicyclic) bond motifs is 1. The zero-order valence-electron chi connectivity index (χ0n) is 16.4. The van der Waals surface area contributed by atoms with Gasteiger partial charge in [-0.1, -0.05) is 12.1 Å². The van der Waals surface area contributed by atoms with Crippen molar-refractivity contribution in [1.29, 1.82) is 0 Å². The molecule has 3 heterocycles. The molecule has 29 heavy (non-hydrogen) atoms. The van der Waals surface area contributed by atoms with Crippen LogP contribution in [0, 0.1) is 10.1 Å². The van der Waals surface area contributed by atoms with Gasteiger partial charge in [0.2, 0.25) is 5.95 Å². The number of rotatable bonds is 4. The Morgan fingerprint density at radius 1 is 1.03 bits per heavy atom. The number of hydrogen-bond acceptors (Lipinski definition) is 6. The molecular formula is C19H22N6O4. The lowest BCUT2D eigenvalue weighted by Crippen LogP contribution is -2.37. The molecule has 0 atom stereocenters. The molecule has 0 radical (unpaired) electrons. The van der Waals surface area contributed by atoms with Crippen molar-refractivity contribution in [1.82, 2.24) is 18.7 Å². The van der Waals surface area contributed by atoms with Gasteiger partial charge >= 0.3 is 5.69 Å². The molecule has 10 nitrogen and oxygen atoms in total. The Bertz CT molecular complexity index is 1200. The van der Waals surface area contributed by atoms with Crippen LogP contribution in [0.2, 0.25) is 0 Å². The lowest BCUT2D eigenvalue weighted by Gasteiger charge is -2.28. The Hall–Kier alpha value is -3.43. The molecule has 0 amide bonds. The minimum absolute atomic E-state index is 0.0128. The molecule has 1 aromatic carbocycles. The van der Waals surface area contributed by atoms with Crippen molar-refractivity contribution in [2.75, 3.05) is 18.0 Å². The first kappa shape index (κ1) is 18.9. The summed E-state index contributed by atoms with van der Waals surface area (Å²) in [5, 5.41) is 10.9. The third kappa shape index (κ3) is 3.20. The maximum Gasteiger partial charge on any atom is 0.332 e. The van der Waals surface area contributed by atoms with E-state index in [1.54, 1.807) is 19.2 Å². The van der Waals surface area contributed by atoms with Crippen LogP contribution in [0.5, 0.6) is 0 Å². The van der Waals surface area contributed by atoms with Gasteiger partial charge in [0.05, 0.1) is 11.5 Å². The number of imidazole rings is 1. The highest BCUT2D eigenvalue weighted by Gasteiger charge is 2.24. The fourth-order valence-electron chi connectivity index (χ4n) is 3.83. The first-order valence-electron chi connectivity index (χ1n) is 9.53. The fourth-order valence-corrected chi connectivity index (χ4v) is 3.83. The van der Waals surface area contributed by atoms with Gasteiger partial charge in [0.25, 0.3) is 11.2 Å². The Balaban J connectivity index is 1.90. The van der Waals surface area contributed by atoms with Gasteiger partial charge in [-0.25, -0.2) is 4.79 Å². The normalized spacial score (nSPS) is 14.5. The van der Waals surface area contributed by atoms with E-state index in [4.69, 9.17) is 0 Å². The highest BCUT2D eigenvalue weighted by atomic mass is 16.6. The van der Waals surface area contributed by atoms with Crippen LogP contribution in [-0.2, 0) is 20.6 Å². The van der Waals surface area contributed by atoms with E-state index in [1.165, 1.54) is 23.7 Å². The number of nitro benzene ring substituents is 1. The summed E-state index contributed by atoms with van der Waals surface area (Å²) in [5.41, 5.74) is 0.699. The van der Waals surface area contributed by atoms with Gasteiger partial charge in [-0.3, -0.25) is 28.6 Å². The molecule has 4 rings (SSSR count). The SMILES string of the molecule is Cn1c(=O)c2c(nc(N3CCCCC3)n2Cc2ccc([N+](=O)[O-])cc2)n(C)c1=O. The van der Waals surface area contributed by atoms with Gasteiger partial charge in [-0.05, 0) is 24.8 Å². The highest BCUT2D eigenvalue weighted by molar-refractivity contribution is 5.74. The lowest BCUT2D eigenvalue weighted by atomic mass is 10.1. The molecule has 1 saturated heterocycles. The van der Waals surface area contributed by atoms with Crippen LogP contribution in [0.1, 0.15) is 24.8 Å². The second-order valence-electron chi connectivity index (χ2n) is 7.35. The maximum atomic E-state index is 12.9. The van der Waals surface area contributed by atoms with E-state index in [-0.39, 0.29) is 5.69 Å². The molecule has 1 fully saturated rings. The number of aromatic nitrogens is 4. The first-order valence-corrected chi connectivity index (χ1v) is 9.53. The Labute approximate surface area is 165 Å². The van der Waals surface area contributed by atoms with E-state index in [0.29, 0.717) is 23.7 Å².